The van der Waals surface area contributed by atoms with E-state index < -0.39 is 28.8 Å². The third kappa shape index (κ3) is 5.89. The van der Waals surface area contributed by atoms with E-state index in [0.717, 1.165) is 17.8 Å². The molecular weight excluding hydrogens is 406 g/mol. The quantitative estimate of drug-likeness (QED) is 0.216. The van der Waals surface area contributed by atoms with Gasteiger partial charge in [0.15, 0.2) is 17.0 Å². The number of ether oxygens (including phenoxy) is 4. The van der Waals surface area contributed by atoms with Crippen LogP contribution in [-0.2, 0) is 19.0 Å². The molecule has 0 saturated carbocycles. The van der Waals surface area contributed by atoms with Gasteiger partial charge in [-0.25, -0.2) is 4.79 Å². The smallest absolute Gasteiger partial charge is 0.332 e. The van der Waals surface area contributed by atoms with Gasteiger partial charge in [-0.15, -0.1) is 11.8 Å². The molecule has 0 unspecified atom stereocenters. The van der Waals surface area contributed by atoms with Crippen LogP contribution in [0.25, 0.3) is 0 Å². The Morgan fingerprint density at radius 1 is 1.10 bits per heavy atom. The summed E-state index contributed by atoms with van der Waals surface area (Å²) in [5, 5.41) is 40.0. The Morgan fingerprint density at radius 3 is 2.31 bits per heavy atom. The molecule has 2 rings (SSSR count). The highest BCUT2D eigenvalue weighted by Gasteiger charge is 2.39. The Kier molecular flexibility index (Phi) is 8.38. The summed E-state index contributed by atoms with van der Waals surface area (Å²) in [5.41, 5.74) is -1.25. The first-order chi connectivity index (χ1) is 13.8. The molecular formula is C18H25NO9S. The number of methoxy groups -OCH3 is 1. The zero-order valence-corrected chi connectivity index (χ0v) is 17.0. The van der Waals surface area contributed by atoms with Crippen LogP contribution in [-0.4, -0.2) is 89.5 Å². The van der Waals surface area contributed by atoms with Crippen LogP contribution in [0.2, 0.25) is 0 Å². The van der Waals surface area contributed by atoms with E-state index in [9.17, 15) is 25.2 Å². The van der Waals surface area contributed by atoms with E-state index in [1.54, 1.807) is 7.11 Å². The lowest BCUT2D eigenvalue weighted by Crippen LogP contribution is -2.33. The number of hydrogen-bond donors (Lipinski definition) is 4. The topological polar surface area (TPSA) is 147 Å². The highest BCUT2D eigenvalue weighted by atomic mass is 32.2. The van der Waals surface area contributed by atoms with Gasteiger partial charge in [0.2, 0.25) is 11.5 Å². The number of aliphatic carboxylic acids is 1. The van der Waals surface area contributed by atoms with Crippen molar-refractivity contribution >= 4 is 22.8 Å². The second-order valence-electron chi connectivity index (χ2n) is 6.32. The van der Waals surface area contributed by atoms with Crippen molar-refractivity contribution in [3.8, 4) is 23.0 Å². The minimum absolute atomic E-state index is 0.00541. The number of aliphatic imine (C=N–C) groups is 1. The third-order valence-electron chi connectivity index (χ3n) is 4.02. The van der Waals surface area contributed by atoms with Crippen molar-refractivity contribution < 1.29 is 44.2 Å². The van der Waals surface area contributed by atoms with Gasteiger partial charge in [0, 0.05) is 12.9 Å². The number of carbonyl (C=O) groups is 1. The fourth-order valence-electron chi connectivity index (χ4n) is 2.34. The maximum atomic E-state index is 11.3. The number of thioether (sulfide) groups is 1. The van der Waals surface area contributed by atoms with Crippen LogP contribution in [0, 0.1) is 0 Å². The van der Waals surface area contributed by atoms with E-state index in [1.165, 1.54) is 6.92 Å². The van der Waals surface area contributed by atoms with Crippen molar-refractivity contribution in [3.05, 3.63) is 11.6 Å². The van der Waals surface area contributed by atoms with E-state index in [-0.39, 0.29) is 35.3 Å². The summed E-state index contributed by atoms with van der Waals surface area (Å²) in [7, 11) is 1.58. The molecule has 162 valence electrons. The van der Waals surface area contributed by atoms with E-state index in [4.69, 9.17) is 18.9 Å². The molecule has 1 aliphatic heterocycles. The first-order valence-electron chi connectivity index (χ1n) is 8.81. The van der Waals surface area contributed by atoms with Crippen LogP contribution in [0.1, 0.15) is 12.5 Å². The van der Waals surface area contributed by atoms with Gasteiger partial charge in [-0.1, -0.05) is 0 Å². The lowest BCUT2D eigenvalue weighted by Gasteiger charge is -2.14. The zero-order chi connectivity index (χ0) is 21.4. The molecule has 0 saturated heterocycles. The maximum absolute atomic E-state index is 11.3. The van der Waals surface area contributed by atoms with Gasteiger partial charge in [-0.05, 0) is 13.0 Å². The molecule has 1 aliphatic rings. The van der Waals surface area contributed by atoms with E-state index in [2.05, 4.69) is 4.99 Å². The zero-order valence-electron chi connectivity index (χ0n) is 16.2. The number of phenolic OH excluding ortho intramolecular Hbond substituents is 3. The van der Waals surface area contributed by atoms with Gasteiger partial charge in [0.05, 0.1) is 38.6 Å². The average Bonchev–Trinajstić information content (AvgIpc) is 3.09. The lowest BCUT2D eigenvalue weighted by atomic mass is 10.1. The van der Waals surface area contributed by atoms with Crippen molar-refractivity contribution in [2.75, 3.05) is 52.5 Å². The highest BCUT2D eigenvalue weighted by molar-refractivity contribution is 8.14. The number of hydrogen-bond acceptors (Lipinski definition) is 10. The number of nitrogens with zero attached hydrogens (tertiary/aromatic N) is 1. The summed E-state index contributed by atoms with van der Waals surface area (Å²) < 4.78 is 20.8. The number of rotatable bonds is 12. The number of benzene rings is 1. The van der Waals surface area contributed by atoms with Crippen LogP contribution < -0.4 is 4.74 Å². The normalized spacial score (nSPS) is 18.6. The fourth-order valence-corrected chi connectivity index (χ4v) is 3.52. The van der Waals surface area contributed by atoms with Crippen LogP contribution in [0.15, 0.2) is 11.1 Å². The highest BCUT2D eigenvalue weighted by Crippen LogP contribution is 2.47. The Morgan fingerprint density at radius 2 is 1.72 bits per heavy atom. The molecule has 11 heteroatoms. The summed E-state index contributed by atoms with van der Waals surface area (Å²) in [6.07, 6.45) is 0. The van der Waals surface area contributed by atoms with Gasteiger partial charge in [-0.3, -0.25) is 4.99 Å². The molecule has 10 nitrogen and oxygen atoms in total. The van der Waals surface area contributed by atoms with Crippen LogP contribution in [0.4, 0.5) is 0 Å². The van der Waals surface area contributed by atoms with E-state index >= 15 is 0 Å². The summed E-state index contributed by atoms with van der Waals surface area (Å²) in [5.74, 6) is -2.83. The summed E-state index contributed by atoms with van der Waals surface area (Å²) in [6, 6.07) is 1.12. The maximum Gasteiger partial charge on any atom is 0.332 e. The Bertz CT molecular complexity index is 755. The predicted octanol–water partition coefficient (Wildman–Crippen LogP) is 1.20. The number of carboxylic acid groups (broad SMARTS) is 1. The van der Waals surface area contributed by atoms with Crippen molar-refractivity contribution in [2.24, 2.45) is 4.99 Å². The Labute approximate surface area is 172 Å². The molecule has 0 spiro atoms. The molecule has 4 N–H and O–H groups in total. The van der Waals surface area contributed by atoms with E-state index in [1.807, 2.05) is 0 Å². The molecule has 0 bridgehead atoms. The molecule has 29 heavy (non-hydrogen) atoms. The monoisotopic (exact) mass is 431 g/mol. The minimum Gasteiger partial charge on any atom is -0.504 e. The largest absolute Gasteiger partial charge is 0.504 e. The summed E-state index contributed by atoms with van der Waals surface area (Å²) in [4.78, 5) is 15.5. The fraction of sp³-hybridized carbons (Fsp3) is 0.556. The minimum atomic E-state index is -1.33. The molecule has 0 amide bonds. The first kappa shape index (κ1) is 23.1. The standard InChI is InChI=1S/C18H25NO9S/c1-18(17(23)24)10-29-16(19-18)11-9-12(20)14(22)15(13(11)21)28-8-7-27-6-5-26-4-3-25-2/h9,20-22H,3-8,10H2,1-2H3,(H,23,24)/t18-/m1/s1. The molecule has 1 atom stereocenters. The molecule has 1 aromatic rings. The second-order valence-corrected chi connectivity index (χ2v) is 7.28. The van der Waals surface area contributed by atoms with E-state index in [0.29, 0.717) is 26.4 Å². The molecule has 0 aromatic heterocycles. The predicted molar refractivity (Wildman–Crippen MR) is 105 cm³/mol. The second kappa shape index (κ2) is 10.5. The number of carboxylic acids is 1. The van der Waals surface area contributed by atoms with Gasteiger partial charge in [0.25, 0.3) is 0 Å². The third-order valence-corrected chi connectivity index (χ3v) is 5.31. The lowest BCUT2D eigenvalue weighted by molar-refractivity contribution is -0.141. The van der Waals surface area contributed by atoms with Crippen LogP contribution >= 0.6 is 11.8 Å². The molecule has 1 aromatic carbocycles. The van der Waals surface area contributed by atoms with Crippen molar-refractivity contribution in [1.82, 2.24) is 0 Å². The van der Waals surface area contributed by atoms with Crippen molar-refractivity contribution in [1.29, 1.82) is 0 Å². The van der Waals surface area contributed by atoms with Gasteiger partial charge in [0.1, 0.15) is 11.7 Å². The van der Waals surface area contributed by atoms with Gasteiger partial charge < -0.3 is 39.4 Å². The summed E-state index contributed by atoms with van der Waals surface area (Å²) >= 11 is 1.12. The summed E-state index contributed by atoms with van der Waals surface area (Å²) in [6.45, 7) is 3.29. The number of aromatic hydroxyl groups is 3. The van der Waals surface area contributed by atoms with Crippen LogP contribution in [0.3, 0.4) is 0 Å². The van der Waals surface area contributed by atoms with Gasteiger partial charge >= 0.3 is 5.97 Å². The first-order valence-corrected chi connectivity index (χ1v) is 9.80. The van der Waals surface area contributed by atoms with Gasteiger partial charge in [-0.2, -0.15) is 0 Å². The van der Waals surface area contributed by atoms with Crippen molar-refractivity contribution in [3.63, 3.8) is 0 Å². The Hall–Kier alpha value is -2.21. The number of phenols is 3. The van der Waals surface area contributed by atoms with Crippen LogP contribution in [0.5, 0.6) is 23.0 Å². The average molecular weight is 431 g/mol. The molecule has 0 aliphatic carbocycles. The SMILES string of the molecule is COCCOCCOCCOc1c(O)c(O)cc(C2=N[C@@](C)(C(=O)O)CS2)c1O. The molecule has 0 radical (unpaired) electrons. The molecule has 0 fully saturated rings. The molecule has 1 heterocycles. The van der Waals surface area contributed by atoms with Crippen molar-refractivity contribution in [2.45, 2.75) is 12.5 Å². The Balaban J connectivity index is 1.98.